The summed E-state index contributed by atoms with van der Waals surface area (Å²) < 4.78 is -0.564. The van der Waals surface area contributed by atoms with Crippen LogP contribution in [0.5, 0.6) is 0 Å². The van der Waals surface area contributed by atoms with E-state index < -0.39 is 35.2 Å². The number of rotatable bonds is 11. The molecule has 0 heterocycles. The van der Waals surface area contributed by atoms with Crippen LogP contribution in [0.4, 0.5) is 0 Å². The molecule has 0 fully saturated rings. The van der Waals surface area contributed by atoms with Crippen molar-refractivity contribution < 1.29 is 48.3 Å². The SMILES string of the molecule is CCCCCC/C=C/[N+](CO)(C(C)C(=O)[O-])C(C)C(=O)O.[Li+]. The molecule has 0 amide bonds. The molecule has 2 N–H and O–H groups in total. The molecule has 0 saturated heterocycles. The first-order valence-electron chi connectivity index (χ1n) is 7.42. The average Bonchev–Trinajstić information content (AvgIpc) is 2.45. The Morgan fingerprint density at radius 3 is 2.18 bits per heavy atom. The van der Waals surface area contributed by atoms with Gasteiger partial charge < -0.3 is 20.1 Å². The van der Waals surface area contributed by atoms with Gasteiger partial charge in [-0.15, -0.1) is 0 Å². The third kappa shape index (κ3) is 6.53. The fourth-order valence-corrected chi connectivity index (χ4v) is 2.25. The predicted octanol–water partition coefficient (Wildman–Crippen LogP) is -2.15. The van der Waals surface area contributed by atoms with Gasteiger partial charge in [-0.25, -0.2) is 4.79 Å². The van der Waals surface area contributed by atoms with Gasteiger partial charge in [0.05, 0.1) is 12.2 Å². The first kappa shape index (κ1) is 23.5. The van der Waals surface area contributed by atoms with Crippen molar-refractivity contribution in [3.63, 3.8) is 0 Å². The normalized spacial score (nSPS) is 16.5. The van der Waals surface area contributed by atoms with Gasteiger partial charge in [0, 0.05) is 0 Å². The topological polar surface area (TPSA) is 97.7 Å². The van der Waals surface area contributed by atoms with Crippen LogP contribution in [0, 0.1) is 0 Å². The van der Waals surface area contributed by atoms with Crippen molar-refractivity contribution in [2.24, 2.45) is 0 Å². The molecule has 122 valence electrons. The van der Waals surface area contributed by atoms with E-state index in [1.165, 1.54) is 20.0 Å². The zero-order chi connectivity index (χ0) is 16.5. The molecule has 0 rings (SSSR count). The number of carbonyl (C=O) groups excluding carboxylic acids is 1. The number of aliphatic hydroxyl groups is 1. The first-order valence-corrected chi connectivity index (χ1v) is 7.42. The molecule has 3 atom stereocenters. The summed E-state index contributed by atoms with van der Waals surface area (Å²) in [6, 6.07) is -2.22. The second-order valence-corrected chi connectivity index (χ2v) is 5.38. The Balaban J connectivity index is 0. The summed E-state index contributed by atoms with van der Waals surface area (Å²) in [6.07, 6.45) is 8.26. The molecule has 0 aromatic carbocycles. The molecule has 0 radical (unpaired) electrons. The third-order valence-corrected chi connectivity index (χ3v) is 3.99. The Bertz CT molecular complexity index is 353. The van der Waals surface area contributed by atoms with Crippen LogP contribution in [-0.4, -0.2) is 45.4 Å². The number of carboxylic acids is 2. The quantitative estimate of drug-likeness (QED) is 0.196. The summed E-state index contributed by atoms with van der Waals surface area (Å²) in [7, 11) is 0. The van der Waals surface area contributed by atoms with Crippen molar-refractivity contribution in [3.8, 4) is 0 Å². The number of carboxylic acid groups (broad SMARTS) is 2. The molecule has 0 aromatic heterocycles. The van der Waals surface area contributed by atoms with Gasteiger partial charge in [-0.05, 0) is 32.8 Å². The van der Waals surface area contributed by atoms with Crippen molar-refractivity contribution in [1.82, 2.24) is 0 Å². The maximum Gasteiger partial charge on any atom is 1.00 e. The second kappa shape index (κ2) is 11.7. The maximum atomic E-state index is 11.2. The molecule has 0 aliphatic heterocycles. The molecule has 6 nitrogen and oxygen atoms in total. The van der Waals surface area contributed by atoms with Crippen molar-refractivity contribution in [2.75, 3.05) is 6.73 Å². The Kier molecular flexibility index (Phi) is 12.5. The molecule has 0 aliphatic carbocycles. The van der Waals surface area contributed by atoms with Crippen molar-refractivity contribution in [1.29, 1.82) is 0 Å². The van der Waals surface area contributed by atoms with Gasteiger partial charge in [0.15, 0.2) is 12.8 Å². The monoisotopic (exact) mass is 308 g/mol. The Hall–Kier alpha value is -0.803. The van der Waals surface area contributed by atoms with Crippen molar-refractivity contribution >= 4 is 11.9 Å². The van der Waals surface area contributed by atoms with Gasteiger partial charge in [0.1, 0.15) is 6.04 Å². The number of quaternary nitrogens is 1. The molecule has 7 heteroatoms. The largest absolute Gasteiger partial charge is 1.00 e. The van der Waals surface area contributed by atoms with E-state index >= 15 is 0 Å². The van der Waals surface area contributed by atoms with Crippen LogP contribution in [-0.2, 0) is 9.59 Å². The van der Waals surface area contributed by atoms with Gasteiger partial charge in [-0.3, -0.25) is 4.48 Å². The van der Waals surface area contributed by atoms with Crippen LogP contribution >= 0.6 is 0 Å². The van der Waals surface area contributed by atoms with Gasteiger partial charge in [-0.2, -0.15) is 0 Å². The van der Waals surface area contributed by atoms with Gasteiger partial charge in [0.25, 0.3) is 0 Å². The number of carbonyl (C=O) groups is 2. The number of aliphatic carboxylic acids is 2. The number of aliphatic hydroxyl groups excluding tert-OH is 1. The van der Waals surface area contributed by atoms with Crippen molar-refractivity contribution in [3.05, 3.63) is 12.3 Å². The minimum Gasteiger partial charge on any atom is -0.544 e. The molecule has 0 aromatic rings. The standard InChI is InChI=1S/C15H27NO5.Li/c1-4-5-6-7-8-9-10-16(11-17,12(2)14(18)19)13(3)15(20)21;/h9-10,12-13,17H,4-8,11H2,1-3H3,(H-,18,19,20,21);/q;+1/b10-9+;. The van der Waals surface area contributed by atoms with E-state index in [0.717, 1.165) is 32.1 Å². The summed E-state index contributed by atoms with van der Waals surface area (Å²) in [4.78, 5) is 22.4. The fraction of sp³-hybridized carbons (Fsp3) is 0.733. The number of allylic oxidation sites excluding steroid dienone is 1. The van der Waals surface area contributed by atoms with E-state index in [1.807, 2.05) is 0 Å². The fourth-order valence-electron chi connectivity index (χ4n) is 2.25. The molecular formula is C15H27LiNO5+. The van der Waals surface area contributed by atoms with Crippen LogP contribution in [0.3, 0.4) is 0 Å². The zero-order valence-electron chi connectivity index (χ0n) is 14.1. The van der Waals surface area contributed by atoms with Crippen molar-refractivity contribution in [2.45, 2.75) is 65.0 Å². The molecular weight excluding hydrogens is 281 g/mol. The Morgan fingerprint density at radius 1 is 1.18 bits per heavy atom. The van der Waals surface area contributed by atoms with E-state index in [0.29, 0.717) is 0 Å². The minimum atomic E-state index is -1.38. The Labute approximate surface area is 144 Å². The van der Waals surface area contributed by atoms with Gasteiger partial charge >= 0.3 is 24.8 Å². The smallest absolute Gasteiger partial charge is 0.544 e. The summed E-state index contributed by atoms with van der Waals surface area (Å²) in [6.45, 7) is 4.25. The van der Waals surface area contributed by atoms with Crippen LogP contribution < -0.4 is 24.0 Å². The average molecular weight is 308 g/mol. The van der Waals surface area contributed by atoms with Crippen LogP contribution in [0.15, 0.2) is 12.3 Å². The number of hydrogen-bond acceptors (Lipinski definition) is 4. The predicted molar refractivity (Wildman–Crippen MR) is 76.8 cm³/mol. The van der Waals surface area contributed by atoms with Gasteiger partial charge in [0.2, 0.25) is 0 Å². The van der Waals surface area contributed by atoms with E-state index in [2.05, 4.69) is 6.92 Å². The third-order valence-electron chi connectivity index (χ3n) is 3.99. The minimum absolute atomic E-state index is 0. The van der Waals surface area contributed by atoms with Crippen LogP contribution in [0.1, 0.15) is 52.9 Å². The maximum absolute atomic E-state index is 11.2. The molecule has 0 saturated carbocycles. The number of hydrogen-bond donors (Lipinski definition) is 2. The summed E-state index contributed by atoms with van der Waals surface area (Å²) in [5.41, 5.74) is 0. The van der Waals surface area contributed by atoms with Gasteiger partial charge in [-0.1, -0.05) is 26.2 Å². The van der Waals surface area contributed by atoms with Crippen LogP contribution in [0.25, 0.3) is 0 Å². The summed E-state index contributed by atoms with van der Waals surface area (Å²) in [5, 5.41) is 29.9. The van der Waals surface area contributed by atoms with E-state index in [-0.39, 0.29) is 18.9 Å². The zero-order valence-corrected chi connectivity index (χ0v) is 14.1. The van der Waals surface area contributed by atoms with Crippen LogP contribution in [0.2, 0.25) is 0 Å². The first-order chi connectivity index (χ1) is 9.83. The van der Waals surface area contributed by atoms with E-state index in [9.17, 15) is 24.9 Å². The number of nitrogens with zero attached hydrogens (tertiary/aromatic N) is 1. The molecule has 0 spiro atoms. The second-order valence-electron chi connectivity index (χ2n) is 5.38. The van der Waals surface area contributed by atoms with E-state index in [1.54, 1.807) is 6.08 Å². The summed E-state index contributed by atoms with van der Waals surface area (Å²) in [5.74, 6) is -2.54. The molecule has 0 bridgehead atoms. The molecule has 22 heavy (non-hydrogen) atoms. The number of unbranched alkanes of at least 4 members (excludes halogenated alkanes) is 4. The molecule has 0 aliphatic rings. The molecule has 3 unspecified atom stereocenters. The van der Waals surface area contributed by atoms with E-state index in [4.69, 9.17) is 0 Å². The Morgan fingerprint density at radius 2 is 1.77 bits per heavy atom. The summed E-state index contributed by atoms with van der Waals surface area (Å²) >= 11 is 0.